The highest BCUT2D eigenvalue weighted by Gasteiger charge is 2.32. The molecule has 0 aliphatic heterocycles. The van der Waals surface area contributed by atoms with Gasteiger partial charge in [-0.25, -0.2) is 8.78 Å². The minimum Gasteiger partial charge on any atom is -0.301 e. The quantitative estimate of drug-likeness (QED) is 0.601. The molecule has 1 nitrogen and oxygen atoms in total. The second-order valence-corrected chi connectivity index (χ2v) is 7.43. The van der Waals surface area contributed by atoms with Gasteiger partial charge in [-0.2, -0.15) is 0 Å². The van der Waals surface area contributed by atoms with E-state index in [1.807, 2.05) is 12.1 Å². The molecule has 0 bridgehead atoms. The Labute approximate surface area is 146 Å². The van der Waals surface area contributed by atoms with Crippen LogP contribution in [0.1, 0.15) is 64.5 Å². The maximum atomic E-state index is 13.8. The van der Waals surface area contributed by atoms with Gasteiger partial charge in [0.25, 0.3) is 5.92 Å². The molecule has 0 heterocycles. The summed E-state index contributed by atoms with van der Waals surface area (Å²) < 4.78 is 27.6. The molecule has 0 amide bonds. The van der Waals surface area contributed by atoms with E-state index in [1.54, 1.807) is 12.1 Å². The molecule has 1 aliphatic rings. The fourth-order valence-corrected chi connectivity index (χ4v) is 4.27. The van der Waals surface area contributed by atoms with E-state index in [1.165, 1.54) is 31.7 Å². The SMILES string of the molecule is CCN(CC)[C@H]1CCC(C)C[C@@H]1Cc1ccc(C(F)(F)CC)cc1. The highest BCUT2D eigenvalue weighted by atomic mass is 19.3. The minimum absolute atomic E-state index is 0.142. The number of rotatable bonds is 7. The summed E-state index contributed by atoms with van der Waals surface area (Å²) in [7, 11) is 0. The highest BCUT2D eigenvalue weighted by Crippen LogP contribution is 2.35. The first-order valence-electron chi connectivity index (χ1n) is 9.62. The normalized spacial score (nSPS) is 25.2. The smallest absolute Gasteiger partial charge is 0.273 e. The molecule has 1 aliphatic carbocycles. The molecule has 0 aromatic heterocycles. The van der Waals surface area contributed by atoms with Crippen molar-refractivity contribution in [1.82, 2.24) is 4.90 Å². The van der Waals surface area contributed by atoms with Crippen LogP contribution in [0, 0.1) is 11.8 Å². The van der Waals surface area contributed by atoms with E-state index < -0.39 is 5.92 Å². The van der Waals surface area contributed by atoms with E-state index in [0.717, 1.165) is 25.4 Å². The van der Waals surface area contributed by atoms with Gasteiger partial charge in [0.2, 0.25) is 0 Å². The van der Waals surface area contributed by atoms with Crippen LogP contribution in [-0.2, 0) is 12.3 Å². The van der Waals surface area contributed by atoms with Crippen molar-refractivity contribution in [1.29, 1.82) is 0 Å². The molecule has 1 unspecified atom stereocenters. The Bertz CT molecular complexity index is 493. The first-order valence-corrected chi connectivity index (χ1v) is 9.62. The zero-order valence-electron chi connectivity index (χ0n) is 15.7. The number of benzene rings is 1. The van der Waals surface area contributed by atoms with E-state index in [9.17, 15) is 8.78 Å². The van der Waals surface area contributed by atoms with E-state index in [0.29, 0.717) is 12.0 Å². The third-order valence-electron chi connectivity index (χ3n) is 5.80. The van der Waals surface area contributed by atoms with Gasteiger partial charge in [0.05, 0.1) is 0 Å². The maximum absolute atomic E-state index is 13.8. The van der Waals surface area contributed by atoms with Crippen molar-refractivity contribution < 1.29 is 8.78 Å². The average Bonchev–Trinajstić information content (AvgIpc) is 2.58. The zero-order chi connectivity index (χ0) is 17.7. The van der Waals surface area contributed by atoms with E-state index in [-0.39, 0.29) is 12.0 Å². The van der Waals surface area contributed by atoms with E-state index >= 15 is 0 Å². The zero-order valence-corrected chi connectivity index (χ0v) is 15.7. The summed E-state index contributed by atoms with van der Waals surface area (Å²) in [6.07, 6.45) is 4.67. The van der Waals surface area contributed by atoms with Crippen LogP contribution in [0.3, 0.4) is 0 Å². The lowest BCUT2D eigenvalue weighted by Gasteiger charge is -2.41. The molecule has 1 aromatic rings. The number of halogens is 2. The van der Waals surface area contributed by atoms with Gasteiger partial charge in [-0.3, -0.25) is 0 Å². The lowest BCUT2D eigenvalue weighted by molar-refractivity contribution is -0.00830. The topological polar surface area (TPSA) is 3.24 Å². The summed E-state index contributed by atoms with van der Waals surface area (Å²) in [6, 6.07) is 7.71. The lowest BCUT2D eigenvalue weighted by Crippen LogP contribution is -2.44. The van der Waals surface area contributed by atoms with Crippen molar-refractivity contribution in [2.24, 2.45) is 11.8 Å². The molecule has 1 saturated carbocycles. The van der Waals surface area contributed by atoms with Gasteiger partial charge in [-0.15, -0.1) is 0 Å². The summed E-state index contributed by atoms with van der Waals surface area (Å²) in [6.45, 7) is 10.5. The first-order chi connectivity index (χ1) is 11.4. The van der Waals surface area contributed by atoms with Crippen molar-refractivity contribution in [3.8, 4) is 0 Å². The van der Waals surface area contributed by atoms with Crippen LogP contribution in [-0.4, -0.2) is 24.0 Å². The number of hydrogen-bond donors (Lipinski definition) is 0. The van der Waals surface area contributed by atoms with Crippen LogP contribution < -0.4 is 0 Å². The second-order valence-electron chi connectivity index (χ2n) is 7.43. The molecule has 3 atom stereocenters. The summed E-state index contributed by atoms with van der Waals surface area (Å²) in [5.74, 6) is -1.31. The summed E-state index contributed by atoms with van der Waals surface area (Å²) in [4.78, 5) is 2.58. The predicted molar refractivity (Wildman–Crippen MR) is 97.5 cm³/mol. The summed E-state index contributed by atoms with van der Waals surface area (Å²) in [5.41, 5.74) is 1.34. The largest absolute Gasteiger partial charge is 0.301 e. The predicted octanol–water partition coefficient (Wildman–Crippen LogP) is 5.88. The van der Waals surface area contributed by atoms with Crippen LogP contribution in [0.15, 0.2) is 24.3 Å². The third-order valence-corrected chi connectivity index (χ3v) is 5.80. The van der Waals surface area contributed by atoms with Crippen molar-refractivity contribution in [3.05, 3.63) is 35.4 Å². The molecule has 136 valence electrons. The van der Waals surface area contributed by atoms with Crippen LogP contribution in [0.25, 0.3) is 0 Å². The Morgan fingerprint density at radius 1 is 1.04 bits per heavy atom. The number of nitrogens with zero attached hydrogens (tertiary/aromatic N) is 1. The lowest BCUT2D eigenvalue weighted by atomic mass is 9.75. The second kappa shape index (κ2) is 8.42. The standard InChI is InChI=1S/C21H33F2N/c1-5-21(22,23)19-11-9-17(10-12-19)15-18-14-16(4)8-13-20(18)24(6-2)7-3/h9-12,16,18,20H,5-8,13-15H2,1-4H3/t16?,18-,20+/m1/s1. The molecular formula is C21H33F2N. The molecule has 2 rings (SSSR count). The highest BCUT2D eigenvalue weighted by molar-refractivity contribution is 5.26. The van der Waals surface area contributed by atoms with Crippen molar-refractivity contribution in [3.63, 3.8) is 0 Å². The molecule has 24 heavy (non-hydrogen) atoms. The van der Waals surface area contributed by atoms with Gasteiger partial charge in [-0.05, 0) is 56.2 Å². The first kappa shape index (κ1) is 19.4. The Morgan fingerprint density at radius 3 is 2.21 bits per heavy atom. The van der Waals surface area contributed by atoms with Crippen LogP contribution >= 0.6 is 0 Å². The molecule has 0 spiro atoms. The summed E-state index contributed by atoms with van der Waals surface area (Å²) >= 11 is 0. The van der Waals surface area contributed by atoms with Gasteiger partial charge in [-0.1, -0.05) is 52.0 Å². The van der Waals surface area contributed by atoms with Crippen LogP contribution in [0.2, 0.25) is 0 Å². The Morgan fingerprint density at radius 2 is 1.67 bits per heavy atom. The van der Waals surface area contributed by atoms with Crippen molar-refractivity contribution in [2.45, 2.75) is 71.8 Å². The number of alkyl halides is 2. The Kier molecular flexibility index (Phi) is 6.79. The minimum atomic E-state index is -2.71. The van der Waals surface area contributed by atoms with E-state index in [2.05, 4.69) is 25.7 Å². The molecule has 3 heteroatoms. The molecule has 0 saturated heterocycles. The van der Waals surface area contributed by atoms with Crippen LogP contribution in [0.4, 0.5) is 8.78 Å². The van der Waals surface area contributed by atoms with Crippen LogP contribution in [0.5, 0.6) is 0 Å². The van der Waals surface area contributed by atoms with Gasteiger partial charge >= 0.3 is 0 Å². The summed E-state index contributed by atoms with van der Waals surface area (Å²) in [5, 5.41) is 0. The molecule has 0 N–H and O–H groups in total. The number of hydrogen-bond acceptors (Lipinski definition) is 1. The maximum Gasteiger partial charge on any atom is 0.273 e. The Hall–Kier alpha value is -0.960. The van der Waals surface area contributed by atoms with E-state index in [4.69, 9.17) is 0 Å². The molecule has 1 aromatic carbocycles. The van der Waals surface area contributed by atoms with Gasteiger partial charge < -0.3 is 4.90 Å². The fourth-order valence-electron chi connectivity index (χ4n) is 4.27. The molecule has 0 radical (unpaired) electrons. The molecular weight excluding hydrogens is 304 g/mol. The van der Waals surface area contributed by atoms with Crippen molar-refractivity contribution in [2.75, 3.05) is 13.1 Å². The van der Waals surface area contributed by atoms with Gasteiger partial charge in [0, 0.05) is 18.0 Å². The third kappa shape index (κ3) is 4.56. The average molecular weight is 337 g/mol. The molecule has 1 fully saturated rings. The van der Waals surface area contributed by atoms with Gasteiger partial charge in [0.1, 0.15) is 0 Å². The van der Waals surface area contributed by atoms with Crippen molar-refractivity contribution >= 4 is 0 Å². The van der Waals surface area contributed by atoms with Gasteiger partial charge in [0.15, 0.2) is 0 Å². The fraction of sp³-hybridized carbons (Fsp3) is 0.714. The monoisotopic (exact) mass is 337 g/mol. The Balaban J connectivity index is 2.11.